The maximum absolute atomic E-state index is 13.4. The van der Waals surface area contributed by atoms with Gasteiger partial charge in [-0.25, -0.2) is 17.6 Å². The summed E-state index contributed by atoms with van der Waals surface area (Å²) in [5, 5.41) is 0. The number of ether oxygens (including phenoxy) is 1. The summed E-state index contributed by atoms with van der Waals surface area (Å²) in [7, 11) is 0.812. The van der Waals surface area contributed by atoms with Gasteiger partial charge in [-0.1, -0.05) is 0 Å². The monoisotopic (exact) mass is 392 g/mol. The highest BCUT2D eigenvalue weighted by Gasteiger charge is 2.22. The lowest BCUT2D eigenvalue weighted by Crippen LogP contribution is -2.09. The molecule has 0 heterocycles. The van der Waals surface area contributed by atoms with Gasteiger partial charge >= 0.3 is 5.97 Å². The number of rotatable bonds is 3. The molecular formula is C9H7ClFIO4S. The molecule has 0 fully saturated rings. The summed E-state index contributed by atoms with van der Waals surface area (Å²) in [6, 6.07) is 1.79. The summed E-state index contributed by atoms with van der Waals surface area (Å²) in [6.07, 6.45) is 0. The van der Waals surface area contributed by atoms with E-state index >= 15 is 0 Å². The zero-order valence-electron chi connectivity index (χ0n) is 8.54. The van der Waals surface area contributed by atoms with Crippen molar-refractivity contribution in [3.63, 3.8) is 0 Å². The zero-order chi connectivity index (χ0) is 13.2. The van der Waals surface area contributed by atoms with Crippen molar-refractivity contribution in [2.75, 3.05) is 6.61 Å². The molecule has 0 saturated heterocycles. The van der Waals surface area contributed by atoms with E-state index in [1.54, 1.807) is 29.5 Å². The Balaban J connectivity index is 3.39. The Kier molecular flexibility index (Phi) is 4.73. The number of esters is 1. The standard InChI is InChI=1S/C9H7ClFIO4S/c1-2-16-9(13)5-3-8(17(10,14)15)6(11)4-7(5)12/h3-4H,2H2,1H3. The average Bonchev–Trinajstić information content (AvgIpc) is 2.15. The van der Waals surface area contributed by atoms with Crippen LogP contribution in [0.1, 0.15) is 17.3 Å². The second kappa shape index (κ2) is 5.49. The number of halogens is 3. The molecule has 8 heteroatoms. The van der Waals surface area contributed by atoms with Crippen LogP contribution in [0.5, 0.6) is 0 Å². The zero-order valence-corrected chi connectivity index (χ0v) is 12.3. The topological polar surface area (TPSA) is 60.4 Å². The summed E-state index contributed by atoms with van der Waals surface area (Å²) in [5.74, 6) is -1.73. The summed E-state index contributed by atoms with van der Waals surface area (Å²) in [4.78, 5) is 10.7. The van der Waals surface area contributed by atoms with Gasteiger partial charge in [-0.05, 0) is 41.6 Å². The van der Waals surface area contributed by atoms with Gasteiger partial charge in [0, 0.05) is 14.3 Å². The first-order valence-electron chi connectivity index (χ1n) is 4.38. The Morgan fingerprint density at radius 1 is 1.53 bits per heavy atom. The molecule has 0 aliphatic heterocycles. The first kappa shape index (κ1) is 14.7. The summed E-state index contributed by atoms with van der Waals surface area (Å²) in [5.41, 5.74) is -0.0342. The van der Waals surface area contributed by atoms with Crippen LogP contribution in [0, 0.1) is 9.39 Å². The van der Waals surface area contributed by atoms with E-state index in [-0.39, 0.29) is 15.7 Å². The van der Waals surface area contributed by atoms with Gasteiger partial charge in [0.2, 0.25) is 0 Å². The van der Waals surface area contributed by atoms with Crippen LogP contribution < -0.4 is 0 Å². The molecule has 0 radical (unpaired) electrons. The molecule has 0 saturated carbocycles. The third-order valence-corrected chi connectivity index (χ3v) is 4.01. The van der Waals surface area contributed by atoms with Gasteiger partial charge in [0.25, 0.3) is 9.05 Å². The molecule has 1 rings (SSSR count). The van der Waals surface area contributed by atoms with Gasteiger partial charge in [-0.15, -0.1) is 0 Å². The normalized spacial score (nSPS) is 11.3. The van der Waals surface area contributed by atoms with Crippen molar-refractivity contribution in [2.24, 2.45) is 0 Å². The molecule has 0 bridgehead atoms. The van der Waals surface area contributed by atoms with Crippen molar-refractivity contribution < 1.29 is 22.3 Å². The molecule has 0 amide bonds. The predicted molar refractivity (Wildman–Crippen MR) is 68.1 cm³/mol. The molecule has 4 nitrogen and oxygen atoms in total. The lowest BCUT2D eigenvalue weighted by atomic mass is 10.2. The van der Waals surface area contributed by atoms with Crippen LogP contribution in [0.3, 0.4) is 0 Å². The van der Waals surface area contributed by atoms with E-state index in [4.69, 9.17) is 15.4 Å². The minimum atomic E-state index is -4.24. The number of benzene rings is 1. The summed E-state index contributed by atoms with van der Waals surface area (Å²) < 4.78 is 40.5. The van der Waals surface area contributed by atoms with Crippen molar-refractivity contribution in [1.82, 2.24) is 0 Å². The van der Waals surface area contributed by atoms with Crippen molar-refractivity contribution in [3.05, 3.63) is 27.1 Å². The molecule has 17 heavy (non-hydrogen) atoms. The van der Waals surface area contributed by atoms with Crippen molar-refractivity contribution in [3.8, 4) is 0 Å². The third-order valence-electron chi connectivity index (χ3n) is 1.78. The van der Waals surface area contributed by atoms with E-state index < -0.39 is 25.7 Å². The van der Waals surface area contributed by atoms with E-state index in [0.29, 0.717) is 0 Å². The fourth-order valence-corrected chi connectivity index (χ4v) is 2.64. The van der Waals surface area contributed by atoms with Crippen molar-refractivity contribution in [2.45, 2.75) is 11.8 Å². The van der Waals surface area contributed by atoms with Gasteiger partial charge in [-0.2, -0.15) is 0 Å². The van der Waals surface area contributed by atoms with E-state index in [1.165, 1.54) is 0 Å². The van der Waals surface area contributed by atoms with E-state index in [1.807, 2.05) is 0 Å². The molecule has 0 N–H and O–H groups in total. The first-order valence-corrected chi connectivity index (χ1v) is 7.77. The van der Waals surface area contributed by atoms with E-state index in [2.05, 4.69) is 0 Å². The van der Waals surface area contributed by atoms with Gasteiger partial charge in [0.05, 0.1) is 12.2 Å². The highest BCUT2D eigenvalue weighted by molar-refractivity contribution is 14.1. The maximum Gasteiger partial charge on any atom is 0.339 e. The van der Waals surface area contributed by atoms with Crippen LogP contribution in [0.2, 0.25) is 0 Å². The molecule has 1 aromatic rings. The second-order valence-electron chi connectivity index (χ2n) is 2.92. The molecule has 1 aromatic carbocycles. The number of carbonyl (C=O) groups excluding carboxylic acids is 1. The molecular weight excluding hydrogens is 386 g/mol. The average molecular weight is 393 g/mol. The second-order valence-corrected chi connectivity index (χ2v) is 6.62. The van der Waals surface area contributed by atoms with Crippen LogP contribution in [-0.4, -0.2) is 21.0 Å². The number of carbonyl (C=O) groups is 1. The molecule has 0 atom stereocenters. The predicted octanol–water partition coefficient (Wildman–Crippen LogP) is 2.53. The summed E-state index contributed by atoms with van der Waals surface area (Å²) in [6.45, 7) is 1.74. The minimum absolute atomic E-state index is 0.0342. The van der Waals surface area contributed by atoms with Crippen LogP contribution in [0.25, 0.3) is 0 Å². The van der Waals surface area contributed by atoms with Crippen molar-refractivity contribution in [1.29, 1.82) is 0 Å². The van der Waals surface area contributed by atoms with Crippen LogP contribution in [0.15, 0.2) is 17.0 Å². The molecule has 94 valence electrons. The Bertz CT molecular complexity index is 558. The van der Waals surface area contributed by atoms with Gasteiger partial charge in [0.1, 0.15) is 10.7 Å². The molecule has 0 aliphatic rings. The van der Waals surface area contributed by atoms with Gasteiger partial charge < -0.3 is 4.74 Å². The highest BCUT2D eigenvalue weighted by atomic mass is 127. The Hall–Kier alpha value is -0.410. The van der Waals surface area contributed by atoms with Crippen LogP contribution in [-0.2, 0) is 13.8 Å². The van der Waals surface area contributed by atoms with Crippen LogP contribution >= 0.6 is 33.3 Å². The molecule has 0 aromatic heterocycles. The Morgan fingerprint density at radius 2 is 2.12 bits per heavy atom. The van der Waals surface area contributed by atoms with E-state index in [0.717, 1.165) is 12.1 Å². The third kappa shape index (κ3) is 3.52. The van der Waals surface area contributed by atoms with Crippen molar-refractivity contribution >= 4 is 48.3 Å². The van der Waals surface area contributed by atoms with E-state index in [9.17, 15) is 17.6 Å². The number of hydrogen-bond acceptors (Lipinski definition) is 4. The van der Waals surface area contributed by atoms with Gasteiger partial charge in [-0.3, -0.25) is 0 Å². The molecule has 0 unspecified atom stereocenters. The maximum atomic E-state index is 13.4. The quantitative estimate of drug-likeness (QED) is 0.451. The largest absolute Gasteiger partial charge is 0.462 e. The summed E-state index contributed by atoms with van der Waals surface area (Å²) >= 11 is 1.71. The van der Waals surface area contributed by atoms with Crippen LogP contribution in [0.4, 0.5) is 4.39 Å². The SMILES string of the molecule is CCOC(=O)c1cc(S(=O)(=O)Cl)c(F)cc1I. The lowest BCUT2D eigenvalue weighted by molar-refractivity contribution is 0.0524. The number of hydrogen-bond donors (Lipinski definition) is 0. The molecule has 0 aliphatic carbocycles. The smallest absolute Gasteiger partial charge is 0.339 e. The Labute approximate surface area is 116 Å². The lowest BCUT2D eigenvalue weighted by Gasteiger charge is -2.06. The minimum Gasteiger partial charge on any atom is -0.462 e. The van der Waals surface area contributed by atoms with Gasteiger partial charge in [0.15, 0.2) is 0 Å². The fourth-order valence-electron chi connectivity index (χ4n) is 1.08. The first-order chi connectivity index (χ1) is 7.77. The molecule has 0 spiro atoms. The fraction of sp³-hybridized carbons (Fsp3) is 0.222. The highest BCUT2D eigenvalue weighted by Crippen LogP contribution is 2.24. The Morgan fingerprint density at radius 3 is 2.59 bits per heavy atom.